The van der Waals surface area contributed by atoms with E-state index in [2.05, 4.69) is 63.0 Å². The van der Waals surface area contributed by atoms with Gasteiger partial charge in [-0.3, -0.25) is 0 Å². The Morgan fingerprint density at radius 1 is 1.22 bits per heavy atom. The van der Waals surface area contributed by atoms with Crippen LogP contribution in [0.1, 0.15) is 45.2 Å². The van der Waals surface area contributed by atoms with Crippen molar-refractivity contribution in [3.8, 4) is 0 Å². The van der Waals surface area contributed by atoms with Crippen LogP contribution in [0.3, 0.4) is 0 Å². The monoisotopic (exact) mass is 248 g/mol. The number of aryl methyl sites for hydroxylation is 1. The van der Waals surface area contributed by atoms with Crippen molar-refractivity contribution in [1.82, 2.24) is 5.32 Å². The average molecular weight is 248 g/mol. The van der Waals surface area contributed by atoms with Gasteiger partial charge in [0.2, 0.25) is 0 Å². The maximum absolute atomic E-state index is 3.52. The molecule has 0 atom stereocenters. The first kappa shape index (κ1) is 15.0. The third-order valence-corrected chi connectivity index (χ3v) is 3.15. The summed E-state index contributed by atoms with van der Waals surface area (Å²) in [7, 11) is 0. The molecule has 1 N–H and O–H groups in total. The number of rotatable bonds is 7. The van der Waals surface area contributed by atoms with Gasteiger partial charge >= 0.3 is 0 Å². The molecule has 0 aliphatic heterocycles. The molecule has 0 spiro atoms. The van der Waals surface area contributed by atoms with Gasteiger partial charge in [-0.15, -0.1) is 0 Å². The summed E-state index contributed by atoms with van der Waals surface area (Å²) in [4.78, 5) is 2.47. The summed E-state index contributed by atoms with van der Waals surface area (Å²) in [5.74, 6) is 0. The number of anilines is 1. The van der Waals surface area contributed by atoms with Crippen LogP contribution in [0.15, 0.2) is 18.2 Å². The molecule has 0 amide bonds. The van der Waals surface area contributed by atoms with E-state index >= 15 is 0 Å². The standard InChI is InChI=1S/C16H28N2/c1-6-10-18(7-2)16-9-8-14(5)11-15(16)12-17-13(3)4/h8-9,11,13,17H,6-7,10,12H2,1-5H3. The fraction of sp³-hybridized carbons (Fsp3) is 0.625. The van der Waals surface area contributed by atoms with Gasteiger partial charge < -0.3 is 10.2 Å². The van der Waals surface area contributed by atoms with Crippen LogP contribution in [0, 0.1) is 6.92 Å². The average Bonchev–Trinajstić information content (AvgIpc) is 2.34. The molecule has 1 aromatic rings. The normalized spacial score (nSPS) is 11.0. The molecule has 0 aromatic heterocycles. The minimum atomic E-state index is 0.527. The summed E-state index contributed by atoms with van der Waals surface area (Å²) in [6, 6.07) is 7.32. The van der Waals surface area contributed by atoms with Gasteiger partial charge in [0.1, 0.15) is 0 Å². The smallest absolute Gasteiger partial charge is 0.0411 e. The number of hydrogen-bond acceptors (Lipinski definition) is 2. The highest BCUT2D eigenvalue weighted by Gasteiger charge is 2.09. The Hall–Kier alpha value is -1.02. The van der Waals surface area contributed by atoms with E-state index in [-0.39, 0.29) is 0 Å². The van der Waals surface area contributed by atoms with Crippen molar-refractivity contribution in [3.63, 3.8) is 0 Å². The summed E-state index contributed by atoms with van der Waals surface area (Å²) >= 11 is 0. The molecule has 18 heavy (non-hydrogen) atoms. The zero-order valence-corrected chi connectivity index (χ0v) is 12.6. The molecule has 0 bridgehead atoms. The predicted molar refractivity (Wildman–Crippen MR) is 81.3 cm³/mol. The van der Waals surface area contributed by atoms with Crippen LogP contribution in [-0.2, 0) is 6.54 Å². The van der Waals surface area contributed by atoms with E-state index in [4.69, 9.17) is 0 Å². The second-order valence-corrected chi connectivity index (χ2v) is 5.25. The molecule has 0 aliphatic rings. The minimum Gasteiger partial charge on any atom is -0.372 e. The molecule has 2 nitrogen and oxygen atoms in total. The summed E-state index contributed by atoms with van der Waals surface area (Å²) in [5.41, 5.74) is 4.14. The van der Waals surface area contributed by atoms with E-state index in [9.17, 15) is 0 Å². The Morgan fingerprint density at radius 3 is 2.50 bits per heavy atom. The van der Waals surface area contributed by atoms with Crippen molar-refractivity contribution in [2.24, 2.45) is 0 Å². The Morgan fingerprint density at radius 2 is 1.94 bits per heavy atom. The van der Waals surface area contributed by atoms with Crippen molar-refractivity contribution in [3.05, 3.63) is 29.3 Å². The number of nitrogens with zero attached hydrogens (tertiary/aromatic N) is 1. The maximum Gasteiger partial charge on any atom is 0.0411 e. The van der Waals surface area contributed by atoms with E-state index < -0.39 is 0 Å². The first-order valence-corrected chi connectivity index (χ1v) is 7.16. The highest BCUT2D eigenvalue weighted by molar-refractivity contribution is 5.55. The van der Waals surface area contributed by atoms with E-state index in [1.165, 1.54) is 23.2 Å². The van der Waals surface area contributed by atoms with Gasteiger partial charge in [0, 0.05) is 31.4 Å². The SMILES string of the molecule is CCCN(CC)c1ccc(C)cc1CNC(C)C. The van der Waals surface area contributed by atoms with Gasteiger partial charge in [0.15, 0.2) is 0 Å². The minimum absolute atomic E-state index is 0.527. The first-order valence-electron chi connectivity index (χ1n) is 7.16. The third-order valence-electron chi connectivity index (χ3n) is 3.15. The van der Waals surface area contributed by atoms with Gasteiger partial charge in [-0.25, -0.2) is 0 Å². The molecule has 102 valence electrons. The van der Waals surface area contributed by atoms with Gasteiger partial charge in [0.05, 0.1) is 0 Å². The van der Waals surface area contributed by atoms with E-state index in [0.717, 1.165) is 19.6 Å². The highest BCUT2D eigenvalue weighted by Crippen LogP contribution is 2.22. The molecule has 0 unspecified atom stereocenters. The van der Waals surface area contributed by atoms with Gasteiger partial charge in [-0.2, -0.15) is 0 Å². The highest BCUT2D eigenvalue weighted by atomic mass is 15.1. The van der Waals surface area contributed by atoms with Crippen molar-refractivity contribution >= 4 is 5.69 Å². The lowest BCUT2D eigenvalue weighted by molar-refractivity contribution is 0.587. The van der Waals surface area contributed by atoms with Crippen LogP contribution in [0.25, 0.3) is 0 Å². The lowest BCUT2D eigenvalue weighted by atomic mass is 10.1. The third kappa shape index (κ3) is 4.34. The van der Waals surface area contributed by atoms with Gasteiger partial charge in [-0.1, -0.05) is 38.5 Å². The molecular formula is C16H28N2. The molecule has 0 aliphatic carbocycles. The van der Waals surface area contributed by atoms with Crippen LogP contribution in [0.4, 0.5) is 5.69 Å². The number of nitrogens with one attached hydrogen (secondary N) is 1. The lowest BCUT2D eigenvalue weighted by Gasteiger charge is -2.26. The molecule has 0 saturated carbocycles. The van der Waals surface area contributed by atoms with Crippen LogP contribution >= 0.6 is 0 Å². The Bertz CT molecular complexity index is 358. The lowest BCUT2D eigenvalue weighted by Crippen LogP contribution is -2.27. The summed E-state index contributed by atoms with van der Waals surface area (Å²) in [6.07, 6.45) is 1.19. The predicted octanol–water partition coefficient (Wildman–Crippen LogP) is 3.73. The number of hydrogen-bond donors (Lipinski definition) is 1. The zero-order valence-electron chi connectivity index (χ0n) is 12.6. The molecule has 1 rings (SSSR count). The Kier molecular flexibility index (Phi) is 6.20. The van der Waals surface area contributed by atoms with Crippen molar-refractivity contribution in [2.75, 3.05) is 18.0 Å². The second kappa shape index (κ2) is 7.42. The largest absolute Gasteiger partial charge is 0.372 e. The van der Waals surface area contributed by atoms with Crippen molar-refractivity contribution in [2.45, 2.75) is 53.6 Å². The maximum atomic E-state index is 3.52. The van der Waals surface area contributed by atoms with Crippen LogP contribution in [0.5, 0.6) is 0 Å². The van der Waals surface area contributed by atoms with Crippen LogP contribution in [-0.4, -0.2) is 19.1 Å². The van der Waals surface area contributed by atoms with Crippen LogP contribution < -0.4 is 10.2 Å². The fourth-order valence-electron chi connectivity index (χ4n) is 2.20. The molecule has 0 heterocycles. The first-order chi connectivity index (χ1) is 8.58. The Labute approximate surface area is 112 Å². The molecular weight excluding hydrogens is 220 g/mol. The van der Waals surface area contributed by atoms with Gasteiger partial charge in [-0.05, 0) is 31.9 Å². The topological polar surface area (TPSA) is 15.3 Å². The number of benzene rings is 1. The summed E-state index contributed by atoms with van der Waals surface area (Å²) in [5, 5.41) is 3.52. The van der Waals surface area contributed by atoms with Crippen LogP contribution in [0.2, 0.25) is 0 Å². The zero-order chi connectivity index (χ0) is 13.5. The molecule has 0 fully saturated rings. The quantitative estimate of drug-likeness (QED) is 0.791. The van der Waals surface area contributed by atoms with Crippen molar-refractivity contribution < 1.29 is 0 Å². The van der Waals surface area contributed by atoms with E-state index in [0.29, 0.717) is 6.04 Å². The Balaban J connectivity index is 2.93. The second-order valence-electron chi connectivity index (χ2n) is 5.25. The molecule has 2 heteroatoms. The summed E-state index contributed by atoms with van der Waals surface area (Å²) < 4.78 is 0. The van der Waals surface area contributed by atoms with E-state index in [1.54, 1.807) is 0 Å². The van der Waals surface area contributed by atoms with E-state index in [1.807, 2.05) is 0 Å². The fourth-order valence-corrected chi connectivity index (χ4v) is 2.20. The van der Waals surface area contributed by atoms with Crippen molar-refractivity contribution in [1.29, 1.82) is 0 Å². The summed E-state index contributed by atoms with van der Waals surface area (Å²) in [6.45, 7) is 14.2. The van der Waals surface area contributed by atoms with Gasteiger partial charge in [0.25, 0.3) is 0 Å². The molecule has 1 aromatic carbocycles. The molecule has 0 radical (unpaired) electrons. The molecule has 0 saturated heterocycles.